The summed E-state index contributed by atoms with van der Waals surface area (Å²) in [6, 6.07) is 2.74. The maximum atomic E-state index is 9.63. The monoisotopic (exact) mass is 268 g/mol. The highest BCUT2D eigenvalue weighted by molar-refractivity contribution is 7.10. The van der Waals surface area contributed by atoms with Crippen molar-refractivity contribution in [2.75, 3.05) is 13.2 Å². The number of rotatable bonds is 4. The smallest absolute Gasteiger partial charge is 0.0596 e. The molecule has 1 aromatic heterocycles. The summed E-state index contributed by atoms with van der Waals surface area (Å²) in [5.74, 6) is 0.552. The molecule has 4 unspecified atom stereocenters. The third kappa shape index (κ3) is 2.48. The number of aryl methyl sites for hydroxylation is 1. The Kier molecular flexibility index (Phi) is 4.43. The molecule has 1 aliphatic rings. The second-order valence-electron chi connectivity index (χ2n) is 5.53. The summed E-state index contributed by atoms with van der Waals surface area (Å²) < 4.78 is 0. The number of hydrogen-bond acceptors (Lipinski definition) is 4. The van der Waals surface area contributed by atoms with Crippen molar-refractivity contribution in [3.05, 3.63) is 21.9 Å². The van der Waals surface area contributed by atoms with Crippen molar-refractivity contribution in [2.45, 2.75) is 45.3 Å². The Morgan fingerprint density at radius 2 is 2.33 bits per heavy atom. The lowest BCUT2D eigenvalue weighted by atomic mass is 10.00. The highest BCUT2D eigenvalue weighted by atomic mass is 32.1. The first-order valence-electron chi connectivity index (χ1n) is 6.72. The first-order valence-corrected chi connectivity index (χ1v) is 7.60. The Balaban J connectivity index is 2.29. The molecule has 1 saturated heterocycles. The minimum absolute atomic E-state index is 0.0849. The summed E-state index contributed by atoms with van der Waals surface area (Å²) in [6.07, 6.45) is 1.15. The van der Waals surface area contributed by atoms with Crippen LogP contribution in [0.15, 0.2) is 11.4 Å². The number of aliphatic hydroxyl groups excluding tert-OH is 1. The van der Waals surface area contributed by atoms with Gasteiger partial charge in [0, 0.05) is 17.0 Å². The normalized spacial score (nSPS) is 28.5. The van der Waals surface area contributed by atoms with Crippen molar-refractivity contribution in [3.63, 3.8) is 0 Å². The zero-order chi connectivity index (χ0) is 13.3. The summed E-state index contributed by atoms with van der Waals surface area (Å²) in [5, 5.41) is 11.8. The van der Waals surface area contributed by atoms with Crippen LogP contribution in [0.2, 0.25) is 0 Å². The van der Waals surface area contributed by atoms with Crippen LogP contribution in [0.5, 0.6) is 0 Å². The van der Waals surface area contributed by atoms with Crippen molar-refractivity contribution in [3.8, 4) is 0 Å². The average molecular weight is 268 g/mol. The molecule has 102 valence electrons. The molecule has 0 aliphatic carbocycles. The predicted molar refractivity (Wildman–Crippen MR) is 76.8 cm³/mol. The van der Waals surface area contributed by atoms with Gasteiger partial charge in [0.25, 0.3) is 0 Å². The molecule has 2 heterocycles. The Labute approximate surface area is 114 Å². The molecule has 3 nitrogen and oxygen atoms in total. The first kappa shape index (κ1) is 14.0. The molecular weight excluding hydrogens is 244 g/mol. The van der Waals surface area contributed by atoms with Crippen LogP contribution in [0.25, 0.3) is 0 Å². The van der Waals surface area contributed by atoms with E-state index in [2.05, 4.69) is 37.1 Å². The number of nitrogens with two attached hydrogens (primary N) is 1. The SMILES string of the molecule is Cc1ccsc1C(C(C)N)N1CCC(C)C1CO. The van der Waals surface area contributed by atoms with Crippen LogP contribution in [0, 0.1) is 12.8 Å². The fourth-order valence-electron chi connectivity index (χ4n) is 3.05. The highest BCUT2D eigenvalue weighted by Crippen LogP contribution is 2.37. The van der Waals surface area contributed by atoms with Gasteiger partial charge >= 0.3 is 0 Å². The fourth-order valence-corrected chi connectivity index (χ4v) is 4.21. The molecule has 1 aromatic rings. The topological polar surface area (TPSA) is 49.5 Å². The van der Waals surface area contributed by atoms with Gasteiger partial charge in [0.05, 0.1) is 12.6 Å². The maximum Gasteiger partial charge on any atom is 0.0596 e. The zero-order valence-corrected chi connectivity index (χ0v) is 12.3. The van der Waals surface area contributed by atoms with Crippen LogP contribution in [-0.2, 0) is 0 Å². The molecule has 3 N–H and O–H groups in total. The van der Waals surface area contributed by atoms with Crippen LogP contribution in [-0.4, -0.2) is 35.2 Å². The minimum atomic E-state index is 0.0849. The highest BCUT2D eigenvalue weighted by Gasteiger charge is 2.38. The third-order valence-electron chi connectivity index (χ3n) is 4.14. The van der Waals surface area contributed by atoms with Gasteiger partial charge in [-0.2, -0.15) is 0 Å². The van der Waals surface area contributed by atoms with Crippen LogP contribution in [0.4, 0.5) is 0 Å². The van der Waals surface area contributed by atoms with E-state index >= 15 is 0 Å². The van der Waals surface area contributed by atoms with Crippen molar-refractivity contribution in [1.82, 2.24) is 4.90 Å². The molecule has 18 heavy (non-hydrogen) atoms. The number of thiophene rings is 1. The summed E-state index contributed by atoms with van der Waals surface area (Å²) in [4.78, 5) is 3.77. The lowest BCUT2D eigenvalue weighted by Gasteiger charge is -2.35. The van der Waals surface area contributed by atoms with Crippen LogP contribution >= 0.6 is 11.3 Å². The second kappa shape index (κ2) is 5.70. The summed E-state index contributed by atoms with van der Waals surface area (Å²) in [5.41, 5.74) is 7.54. The number of hydrogen-bond donors (Lipinski definition) is 2. The molecule has 2 rings (SSSR count). The average Bonchev–Trinajstić information content (AvgIpc) is 2.87. The summed E-state index contributed by atoms with van der Waals surface area (Å²) in [6.45, 7) is 7.71. The van der Waals surface area contributed by atoms with E-state index in [0.717, 1.165) is 13.0 Å². The molecule has 1 fully saturated rings. The number of aliphatic hydroxyl groups is 1. The van der Waals surface area contributed by atoms with E-state index in [1.165, 1.54) is 10.4 Å². The van der Waals surface area contributed by atoms with Gasteiger partial charge in [-0.1, -0.05) is 6.92 Å². The molecule has 0 spiro atoms. The first-order chi connectivity index (χ1) is 8.56. The van der Waals surface area contributed by atoms with E-state index < -0.39 is 0 Å². The molecule has 0 bridgehead atoms. The van der Waals surface area contributed by atoms with Gasteiger partial charge in [0.15, 0.2) is 0 Å². The molecule has 0 amide bonds. The molecule has 0 saturated carbocycles. The lowest BCUT2D eigenvalue weighted by Crippen LogP contribution is -2.44. The lowest BCUT2D eigenvalue weighted by molar-refractivity contribution is 0.0940. The quantitative estimate of drug-likeness (QED) is 0.879. The van der Waals surface area contributed by atoms with Gasteiger partial charge in [-0.15, -0.1) is 11.3 Å². The fraction of sp³-hybridized carbons (Fsp3) is 0.714. The van der Waals surface area contributed by atoms with E-state index in [0.29, 0.717) is 5.92 Å². The Hall–Kier alpha value is -0.420. The summed E-state index contributed by atoms with van der Waals surface area (Å²) in [7, 11) is 0. The van der Waals surface area contributed by atoms with Crippen molar-refractivity contribution >= 4 is 11.3 Å². The van der Waals surface area contributed by atoms with E-state index in [1.807, 2.05) is 0 Å². The van der Waals surface area contributed by atoms with E-state index in [-0.39, 0.29) is 24.7 Å². The van der Waals surface area contributed by atoms with Gasteiger partial charge in [-0.25, -0.2) is 0 Å². The molecular formula is C14H24N2OS. The van der Waals surface area contributed by atoms with Crippen LogP contribution in [0.1, 0.15) is 36.8 Å². The third-order valence-corrected chi connectivity index (χ3v) is 5.23. The molecule has 0 aromatic carbocycles. The Morgan fingerprint density at radius 1 is 1.61 bits per heavy atom. The largest absolute Gasteiger partial charge is 0.395 e. The summed E-state index contributed by atoms with van der Waals surface area (Å²) >= 11 is 1.78. The van der Waals surface area contributed by atoms with Gasteiger partial charge < -0.3 is 10.8 Å². The Bertz CT molecular complexity index is 391. The molecule has 4 heteroatoms. The molecule has 4 atom stereocenters. The van der Waals surface area contributed by atoms with E-state index in [9.17, 15) is 5.11 Å². The van der Waals surface area contributed by atoms with Crippen LogP contribution < -0.4 is 5.73 Å². The minimum Gasteiger partial charge on any atom is -0.395 e. The van der Waals surface area contributed by atoms with Gasteiger partial charge in [0.1, 0.15) is 0 Å². The van der Waals surface area contributed by atoms with E-state index in [1.54, 1.807) is 11.3 Å². The van der Waals surface area contributed by atoms with Crippen molar-refractivity contribution in [1.29, 1.82) is 0 Å². The standard InChI is InChI=1S/C14H24N2OS/c1-9-4-6-16(12(9)8-17)13(11(3)15)14-10(2)5-7-18-14/h5,7,9,11-13,17H,4,6,8,15H2,1-3H3. The Morgan fingerprint density at radius 3 is 2.83 bits per heavy atom. The van der Waals surface area contributed by atoms with E-state index in [4.69, 9.17) is 5.73 Å². The van der Waals surface area contributed by atoms with Crippen LogP contribution in [0.3, 0.4) is 0 Å². The van der Waals surface area contributed by atoms with Gasteiger partial charge in [-0.3, -0.25) is 4.90 Å². The molecule has 1 aliphatic heterocycles. The maximum absolute atomic E-state index is 9.63. The second-order valence-corrected chi connectivity index (χ2v) is 6.47. The zero-order valence-electron chi connectivity index (χ0n) is 11.5. The molecule has 0 radical (unpaired) electrons. The number of nitrogens with zero attached hydrogens (tertiary/aromatic N) is 1. The van der Waals surface area contributed by atoms with Crippen molar-refractivity contribution < 1.29 is 5.11 Å². The van der Waals surface area contributed by atoms with Crippen molar-refractivity contribution in [2.24, 2.45) is 11.7 Å². The van der Waals surface area contributed by atoms with Gasteiger partial charge in [0.2, 0.25) is 0 Å². The predicted octanol–water partition coefficient (Wildman–Crippen LogP) is 2.15. The van der Waals surface area contributed by atoms with Gasteiger partial charge in [-0.05, 0) is 49.7 Å². The number of likely N-dealkylation sites (tertiary alicyclic amines) is 1.